The minimum Gasteiger partial charge on any atom is -0.497 e. The fourth-order valence-electron chi connectivity index (χ4n) is 2.08. The summed E-state index contributed by atoms with van der Waals surface area (Å²) in [5, 5.41) is 5.54. The van der Waals surface area contributed by atoms with Crippen molar-refractivity contribution in [2.24, 2.45) is 0 Å². The minimum atomic E-state index is -0.274. The number of hydrogen-bond donors (Lipinski definition) is 2. The molecule has 1 aromatic carbocycles. The number of benzene rings is 1. The van der Waals surface area contributed by atoms with Crippen molar-refractivity contribution < 1.29 is 19.0 Å². The van der Waals surface area contributed by atoms with Crippen LogP contribution in [0.25, 0.3) is 0 Å². The van der Waals surface area contributed by atoms with Gasteiger partial charge in [-0.05, 0) is 25.0 Å². The number of carbonyl (C=O) groups excluding carboxylic acids is 1. The van der Waals surface area contributed by atoms with E-state index in [1.165, 1.54) is 0 Å². The Morgan fingerprint density at radius 1 is 1.40 bits per heavy atom. The van der Waals surface area contributed by atoms with Crippen molar-refractivity contribution in [2.45, 2.75) is 18.9 Å². The zero-order chi connectivity index (χ0) is 14.4. The number of carbonyl (C=O) groups is 1. The number of nitrogens with one attached hydrogen (secondary N) is 2. The summed E-state index contributed by atoms with van der Waals surface area (Å²) < 4.78 is 15.8. The summed E-state index contributed by atoms with van der Waals surface area (Å²) in [5.74, 6) is 1.23. The van der Waals surface area contributed by atoms with Gasteiger partial charge in [-0.1, -0.05) is 0 Å². The van der Waals surface area contributed by atoms with E-state index in [4.69, 9.17) is 14.2 Å². The Kier molecular flexibility index (Phi) is 5.06. The monoisotopic (exact) mass is 280 g/mol. The molecule has 0 radical (unpaired) electrons. The van der Waals surface area contributed by atoms with Gasteiger partial charge in [-0.3, -0.25) is 0 Å². The van der Waals surface area contributed by atoms with Crippen LogP contribution >= 0.6 is 0 Å². The fraction of sp³-hybridized carbons (Fsp3) is 0.500. The maximum Gasteiger partial charge on any atom is 0.319 e. The van der Waals surface area contributed by atoms with E-state index >= 15 is 0 Å². The first-order chi connectivity index (χ1) is 9.72. The minimum absolute atomic E-state index is 0.124. The SMILES string of the molecule is COc1ccc(NC(=O)NC[C@H]2CCCO2)c(OC)c1. The Morgan fingerprint density at radius 3 is 2.90 bits per heavy atom. The van der Waals surface area contributed by atoms with E-state index in [0.29, 0.717) is 23.7 Å². The zero-order valence-electron chi connectivity index (χ0n) is 11.8. The van der Waals surface area contributed by atoms with E-state index in [1.54, 1.807) is 32.4 Å². The molecule has 2 N–H and O–H groups in total. The summed E-state index contributed by atoms with van der Waals surface area (Å²) in [5.41, 5.74) is 0.596. The summed E-state index contributed by atoms with van der Waals surface area (Å²) in [4.78, 5) is 11.8. The Bertz CT molecular complexity index is 458. The standard InChI is InChI=1S/C14H20N2O4/c1-18-10-5-6-12(13(8-10)19-2)16-14(17)15-9-11-4-3-7-20-11/h5-6,8,11H,3-4,7,9H2,1-2H3,(H2,15,16,17)/t11-/m1/s1. The molecule has 1 saturated heterocycles. The van der Waals surface area contributed by atoms with Crippen LogP contribution in [0, 0.1) is 0 Å². The summed E-state index contributed by atoms with van der Waals surface area (Å²) in [6.45, 7) is 1.30. The van der Waals surface area contributed by atoms with E-state index in [-0.39, 0.29) is 12.1 Å². The van der Waals surface area contributed by atoms with Gasteiger partial charge in [0.05, 0.1) is 26.0 Å². The van der Waals surface area contributed by atoms with Gasteiger partial charge in [0.15, 0.2) is 0 Å². The lowest BCUT2D eigenvalue weighted by atomic mass is 10.2. The Hall–Kier alpha value is -1.95. The second-order valence-corrected chi connectivity index (χ2v) is 4.54. The van der Waals surface area contributed by atoms with Gasteiger partial charge in [-0.2, -0.15) is 0 Å². The molecule has 0 unspecified atom stereocenters. The van der Waals surface area contributed by atoms with Crippen LogP contribution < -0.4 is 20.1 Å². The Labute approximate surface area is 118 Å². The van der Waals surface area contributed by atoms with E-state index in [0.717, 1.165) is 19.4 Å². The van der Waals surface area contributed by atoms with Gasteiger partial charge in [0.25, 0.3) is 0 Å². The van der Waals surface area contributed by atoms with E-state index in [2.05, 4.69) is 10.6 Å². The van der Waals surface area contributed by atoms with Crippen LogP contribution in [0.1, 0.15) is 12.8 Å². The quantitative estimate of drug-likeness (QED) is 0.865. The molecule has 0 bridgehead atoms. The molecule has 20 heavy (non-hydrogen) atoms. The van der Waals surface area contributed by atoms with Crippen molar-refractivity contribution in [2.75, 3.05) is 32.7 Å². The highest BCUT2D eigenvalue weighted by Crippen LogP contribution is 2.28. The maximum absolute atomic E-state index is 11.8. The van der Waals surface area contributed by atoms with Gasteiger partial charge in [0.1, 0.15) is 11.5 Å². The topological polar surface area (TPSA) is 68.8 Å². The van der Waals surface area contributed by atoms with Gasteiger partial charge in [0.2, 0.25) is 0 Å². The normalized spacial score (nSPS) is 17.6. The summed E-state index contributed by atoms with van der Waals surface area (Å²) >= 11 is 0. The molecular formula is C14H20N2O4. The number of amides is 2. The van der Waals surface area contributed by atoms with Crippen LogP contribution in [0.5, 0.6) is 11.5 Å². The first-order valence-electron chi connectivity index (χ1n) is 6.61. The van der Waals surface area contributed by atoms with Crippen molar-refractivity contribution >= 4 is 11.7 Å². The summed E-state index contributed by atoms with van der Waals surface area (Å²) in [6.07, 6.45) is 2.17. The molecule has 6 heteroatoms. The van der Waals surface area contributed by atoms with E-state index in [9.17, 15) is 4.79 Å². The second kappa shape index (κ2) is 7.00. The van der Waals surface area contributed by atoms with Crippen LogP contribution in [0.15, 0.2) is 18.2 Å². The highest BCUT2D eigenvalue weighted by atomic mass is 16.5. The number of hydrogen-bond acceptors (Lipinski definition) is 4. The molecule has 2 rings (SSSR count). The molecule has 1 fully saturated rings. The smallest absolute Gasteiger partial charge is 0.319 e. The van der Waals surface area contributed by atoms with Crippen LogP contribution in [-0.4, -0.2) is 39.5 Å². The second-order valence-electron chi connectivity index (χ2n) is 4.54. The number of rotatable bonds is 5. The molecule has 1 aliphatic heterocycles. The molecule has 1 atom stereocenters. The third-order valence-electron chi connectivity index (χ3n) is 3.17. The largest absolute Gasteiger partial charge is 0.497 e. The molecule has 1 aliphatic rings. The van der Waals surface area contributed by atoms with Gasteiger partial charge in [0, 0.05) is 19.2 Å². The molecular weight excluding hydrogens is 260 g/mol. The molecule has 0 spiro atoms. The molecule has 110 valence electrons. The molecule has 0 aliphatic carbocycles. The van der Waals surface area contributed by atoms with Crippen molar-refractivity contribution in [1.29, 1.82) is 0 Å². The van der Waals surface area contributed by atoms with Crippen molar-refractivity contribution in [1.82, 2.24) is 5.32 Å². The van der Waals surface area contributed by atoms with E-state index < -0.39 is 0 Å². The molecule has 0 aromatic heterocycles. The summed E-state index contributed by atoms with van der Waals surface area (Å²) in [6, 6.07) is 4.95. The fourth-order valence-corrected chi connectivity index (χ4v) is 2.08. The highest BCUT2D eigenvalue weighted by molar-refractivity contribution is 5.91. The average molecular weight is 280 g/mol. The molecule has 1 aromatic rings. The Balaban J connectivity index is 1.89. The first-order valence-corrected chi connectivity index (χ1v) is 6.61. The molecule has 1 heterocycles. The van der Waals surface area contributed by atoms with Gasteiger partial charge < -0.3 is 24.8 Å². The predicted octanol–water partition coefficient (Wildman–Crippen LogP) is 2.00. The maximum atomic E-state index is 11.8. The molecule has 6 nitrogen and oxygen atoms in total. The summed E-state index contributed by atoms with van der Waals surface area (Å²) in [7, 11) is 3.13. The van der Waals surface area contributed by atoms with Crippen molar-refractivity contribution in [3.8, 4) is 11.5 Å². The number of methoxy groups -OCH3 is 2. The van der Waals surface area contributed by atoms with Gasteiger partial charge in [-0.25, -0.2) is 4.79 Å². The average Bonchev–Trinajstić information content (AvgIpc) is 2.99. The van der Waals surface area contributed by atoms with Crippen LogP contribution in [0.3, 0.4) is 0 Å². The van der Waals surface area contributed by atoms with E-state index in [1.807, 2.05) is 0 Å². The van der Waals surface area contributed by atoms with Crippen LogP contribution in [0.2, 0.25) is 0 Å². The molecule has 0 saturated carbocycles. The number of anilines is 1. The number of ether oxygens (including phenoxy) is 3. The van der Waals surface area contributed by atoms with Crippen molar-refractivity contribution in [3.63, 3.8) is 0 Å². The van der Waals surface area contributed by atoms with Crippen LogP contribution in [0.4, 0.5) is 10.5 Å². The van der Waals surface area contributed by atoms with Gasteiger partial charge >= 0.3 is 6.03 Å². The highest BCUT2D eigenvalue weighted by Gasteiger charge is 2.16. The lowest BCUT2D eigenvalue weighted by molar-refractivity contribution is 0.112. The zero-order valence-corrected chi connectivity index (χ0v) is 11.8. The lowest BCUT2D eigenvalue weighted by Crippen LogP contribution is -2.35. The Morgan fingerprint density at radius 2 is 2.25 bits per heavy atom. The number of urea groups is 1. The van der Waals surface area contributed by atoms with Gasteiger partial charge in [-0.15, -0.1) is 0 Å². The molecule has 2 amide bonds. The third-order valence-corrected chi connectivity index (χ3v) is 3.17. The lowest BCUT2D eigenvalue weighted by Gasteiger charge is -2.14. The first kappa shape index (κ1) is 14.5. The van der Waals surface area contributed by atoms with Crippen molar-refractivity contribution in [3.05, 3.63) is 18.2 Å². The van der Waals surface area contributed by atoms with Crippen LogP contribution in [-0.2, 0) is 4.74 Å². The predicted molar refractivity (Wildman–Crippen MR) is 75.5 cm³/mol. The third kappa shape index (κ3) is 3.77.